The molecule has 0 atom stereocenters. The number of pyridine rings is 1. The van der Waals surface area contributed by atoms with Crippen LogP contribution in [-0.2, 0) is 10.2 Å². The van der Waals surface area contributed by atoms with Gasteiger partial charge in [-0.05, 0) is 48.6 Å². The summed E-state index contributed by atoms with van der Waals surface area (Å²) in [5, 5.41) is 16.7. The van der Waals surface area contributed by atoms with E-state index in [-0.39, 0.29) is 5.69 Å². The minimum atomic E-state index is -0.757. The van der Waals surface area contributed by atoms with Crippen molar-refractivity contribution >= 4 is 23.4 Å². The van der Waals surface area contributed by atoms with Crippen LogP contribution >= 0.6 is 0 Å². The van der Waals surface area contributed by atoms with Gasteiger partial charge < -0.3 is 20.7 Å². The van der Waals surface area contributed by atoms with Crippen molar-refractivity contribution in [3.8, 4) is 22.5 Å². The third kappa shape index (κ3) is 3.79. The predicted molar refractivity (Wildman–Crippen MR) is 127 cm³/mol. The molecule has 0 unspecified atom stereocenters. The van der Waals surface area contributed by atoms with Gasteiger partial charge in [-0.15, -0.1) is 0 Å². The van der Waals surface area contributed by atoms with Crippen molar-refractivity contribution in [1.82, 2.24) is 10.1 Å². The zero-order valence-corrected chi connectivity index (χ0v) is 18.4. The molecule has 2 aromatic carbocycles. The first-order valence-electron chi connectivity index (χ1n) is 10.8. The number of benzene rings is 2. The second-order valence-electron chi connectivity index (χ2n) is 8.41. The van der Waals surface area contributed by atoms with Crippen LogP contribution in [0.1, 0.15) is 34.6 Å². The lowest BCUT2D eigenvalue weighted by atomic mass is 9.93. The molecular formula is C26H22N4O4. The molecule has 2 heterocycles. The summed E-state index contributed by atoms with van der Waals surface area (Å²) in [6, 6.07) is 20.5. The molecule has 1 aliphatic carbocycles. The molecule has 5 rings (SSSR count). The van der Waals surface area contributed by atoms with E-state index in [2.05, 4.69) is 15.5 Å². The number of aromatic nitrogens is 2. The van der Waals surface area contributed by atoms with Gasteiger partial charge in [0.2, 0.25) is 0 Å². The van der Waals surface area contributed by atoms with Crippen molar-refractivity contribution in [2.45, 2.75) is 25.2 Å². The Bertz CT molecular complexity index is 1390. The van der Waals surface area contributed by atoms with Crippen molar-refractivity contribution in [1.29, 1.82) is 0 Å². The van der Waals surface area contributed by atoms with Gasteiger partial charge in [0.05, 0.1) is 5.41 Å². The highest BCUT2D eigenvalue weighted by molar-refractivity contribution is 5.91. The van der Waals surface area contributed by atoms with Gasteiger partial charge in [0.25, 0.3) is 5.91 Å². The zero-order valence-electron chi connectivity index (χ0n) is 18.4. The van der Waals surface area contributed by atoms with Gasteiger partial charge in [-0.3, -0.25) is 9.59 Å². The quantitative estimate of drug-likeness (QED) is 0.370. The van der Waals surface area contributed by atoms with E-state index in [1.165, 1.54) is 0 Å². The molecule has 8 nitrogen and oxygen atoms in total. The molecule has 34 heavy (non-hydrogen) atoms. The fourth-order valence-corrected chi connectivity index (χ4v) is 4.03. The smallest absolute Gasteiger partial charge is 0.314 e. The lowest BCUT2D eigenvalue weighted by Gasteiger charge is -2.11. The van der Waals surface area contributed by atoms with E-state index in [1.807, 2.05) is 55.5 Å². The predicted octanol–water partition coefficient (Wildman–Crippen LogP) is 4.67. The minimum Gasteiger partial charge on any atom is -0.481 e. The topological polar surface area (TPSA) is 131 Å². The molecule has 4 N–H and O–H groups in total. The Hall–Kier alpha value is -4.46. The highest BCUT2D eigenvalue weighted by atomic mass is 16.5. The normalized spacial score (nSPS) is 13.9. The summed E-state index contributed by atoms with van der Waals surface area (Å²) in [5.74, 6) is -0.365. The summed E-state index contributed by atoms with van der Waals surface area (Å²) in [7, 11) is 0. The maximum absolute atomic E-state index is 11.6. The first-order valence-corrected chi connectivity index (χ1v) is 10.8. The van der Waals surface area contributed by atoms with E-state index >= 15 is 0 Å². The summed E-state index contributed by atoms with van der Waals surface area (Å²) < 4.78 is 5.57. The number of hydrogen-bond acceptors (Lipinski definition) is 6. The number of amides is 1. The molecule has 2 aromatic heterocycles. The molecule has 1 fully saturated rings. The average molecular weight is 454 g/mol. The Labute approximate surface area is 195 Å². The van der Waals surface area contributed by atoms with Gasteiger partial charge in [0.15, 0.2) is 5.76 Å². The molecule has 1 amide bonds. The average Bonchev–Trinajstić information content (AvgIpc) is 3.59. The molecule has 0 radical (unpaired) electrons. The Kier molecular flexibility index (Phi) is 5.13. The van der Waals surface area contributed by atoms with Crippen LogP contribution in [0.15, 0.2) is 71.3 Å². The lowest BCUT2D eigenvalue weighted by molar-refractivity contribution is -0.140. The monoisotopic (exact) mass is 454 g/mol. The number of primary amides is 1. The van der Waals surface area contributed by atoms with Crippen molar-refractivity contribution < 1.29 is 19.2 Å². The summed E-state index contributed by atoms with van der Waals surface area (Å²) in [6.45, 7) is 1.81. The van der Waals surface area contributed by atoms with E-state index in [1.54, 1.807) is 18.2 Å². The fraction of sp³-hybridized carbons (Fsp3) is 0.154. The highest BCUT2D eigenvalue weighted by Gasteiger charge is 2.51. The minimum absolute atomic E-state index is 0.159. The van der Waals surface area contributed by atoms with Gasteiger partial charge in [0.1, 0.15) is 22.9 Å². The third-order valence-corrected chi connectivity index (χ3v) is 6.19. The molecule has 0 aliphatic heterocycles. The van der Waals surface area contributed by atoms with Gasteiger partial charge in [0, 0.05) is 5.56 Å². The summed E-state index contributed by atoms with van der Waals surface area (Å²) in [6.07, 6.45) is 1.37. The molecule has 0 spiro atoms. The molecule has 0 saturated heterocycles. The van der Waals surface area contributed by atoms with E-state index in [4.69, 9.17) is 10.3 Å². The van der Waals surface area contributed by atoms with Crippen LogP contribution in [0.4, 0.5) is 11.5 Å². The molecule has 0 bridgehead atoms. The van der Waals surface area contributed by atoms with Crippen molar-refractivity contribution in [3.05, 3.63) is 83.7 Å². The first-order chi connectivity index (χ1) is 16.4. The number of carbonyl (C=O) groups is 2. The largest absolute Gasteiger partial charge is 0.481 e. The number of nitrogens with one attached hydrogen (secondary N) is 1. The molecule has 1 aliphatic rings. The van der Waals surface area contributed by atoms with Crippen LogP contribution in [0, 0.1) is 6.92 Å². The van der Waals surface area contributed by atoms with Crippen LogP contribution in [0.3, 0.4) is 0 Å². The van der Waals surface area contributed by atoms with Crippen molar-refractivity contribution in [2.75, 3.05) is 5.32 Å². The maximum Gasteiger partial charge on any atom is 0.314 e. The third-order valence-electron chi connectivity index (χ3n) is 6.19. The highest BCUT2D eigenvalue weighted by Crippen LogP contribution is 2.48. The SMILES string of the molecule is Cc1noc(-c2ccc(-c3ccc(C4(C(=O)O)CC4)cc3)cc2)c1Nc1cccc(C(N)=O)n1. The maximum atomic E-state index is 11.6. The summed E-state index contributed by atoms with van der Waals surface area (Å²) in [4.78, 5) is 27.2. The van der Waals surface area contributed by atoms with E-state index in [9.17, 15) is 14.7 Å². The van der Waals surface area contributed by atoms with Crippen molar-refractivity contribution in [3.63, 3.8) is 0 Å². The zero-order chi connectivity index (χ0) is 23.9. The van der Waals surface area contributed by atoms with Crippen LogP contribution in [-0.4, -0.2) is 27.1 Å². The number of rotatable bonds is 7. The van der Waals surface area contributed by atoms with E-state index in [0.717, 1.165) is 22.3 Å². The Morgan fingerprint density at radius 1 is 0.971 bits per heavy atom. The fourth-order valence-electron chi connectivity index (χ4n) is 4.03. The molecular weight excluding hydrogens is 432 g/mol. The molecule has 1 saturated carbocycles. The molecule has 4 aromatic rings. The standard InChI is InChI=1S/C26H22N4O4/c1-15-22(29-21-4-2-3-20(28-21)24(27)31)23(34-30-15)18-7-5-16(6-8-18)17-9-11-19(12-10-17)26(13-14-26)25(32)33/h2-12H,13-14H2,1H3,(H2,27,31)(H,28,29)(H,32,33). The lowest BCUT2D eigenvalue weighted by Crippen LogP contribution is -2.19. The second kappa shape index (κ2) is 8.15. The van der Waals surface area contributed by atoms with E-state index < -0.39 is 17.3 Å². The number of anilines is 2. The second-order valence-corrected chi connectivity index (χ2v) is 8.41. The Morgan fingerprint density at radius 2 is 1.59 bits per heavy atom. The Morgan fingerprint density at radius 3 is 2.18 bits per heavy atom. The van der Waals surface area contributed by atoms with Crippen molar-refractivity contribution in [2.24, 2.45) is 5.73 Å². The number of carboxylic acid groups (broad SMARTS) is 1. The van der Waals surface area contributed by atoms with Crippen LogP contribution in [0.25, 0.3) is 22.5 Å². The summed E-state index contributed by atoms with van der Waals surface area (Å²) >= 11 is 0. The van der Waals surface area contributed by atoms with Crippen LogP contribution in [0.5, 0.6) is 0 Å². The molecule has 8 heteroatoms. The van der Waals surface area contributed by atoms with Gasteiger partial charge in [-0.25, -0.2) is 4.98 Å². The van der Waals surface area contributed by atoms with Gasteiger partial charge >= 0.3 is 5.97 Å². The van der Waals surface area contributed by atoms with E-state index in [0.29, 0.717) is 35.8 Å². The Balaban J connectivity index is 1.39. The number of aryl methyl sites for hydroxylation is 1. The van der Waals surface area contributed by atoms with Crippen LogP contribution in [0.2, 0.25) is 0 Å². The van der Waals surface area contributed by atoms with Crippen LogP contribution < -0.4 is 11.1 Å². The molecule has 170 valence electrons. The number of aliphatic carboxylic acids is 1. The van der Waals surface area contributed by atoms with Gasteiger partial charge in [-0.2, -0.15) is 0 Å². The number of hydrogen-bond donors (Lipinski definition) is 3. The number of carbonyl (C=O) groups excluding carboxylic acids is 1. The first kappa shape index (κ1) is 21.4. The summed E-state index contributed by atoms with van der Waals surface area (Å²) in [5.41, 5.74) is 9.74. The van der Waals surface area contributed by atoms with Gasteiger partial charge in [-0.1, -0.05) is 59.8 Å². The number of nitrogens with zero attached hydrogens (tertiary/aromatic N) is 2. The number of nitrogens with two attached hydrogens (primary N) is 1. The number of carboxylic acids is 1.